The number of hydrogen-bond acceptors (Lipinski definition) is 8. The minimum Gasteiger partial charge on any atom is -0.394 e. The molecule has 1 heterocycles. The molecule has 7 N–H and O–H groups in total. The smallest absolute Gasteiger partial charge is 0.245 e. The molecule has 59 heavy (non-hydrogen) atoms. The zero-order valence-corrected chi connectivity index (χ0v) is 38.6. The predicted octanol–water partition coefficient (Wildman–Crippen LogP) is 9.46. The standard InChI is InChI=1S/C48H94N4O7/c1-5-7-9-11-13-15-17-19-21-23-25-27-29-31-33-35-37-52(44(55)36-34-32-30-28-26-24-22-20-18-16-14-12-10-8-6-2)48(38-42(54)45(56)43(39-53)59-48)51-47(58)41(4)50-46(57)40(3)49/h40-43,45,53-54,56H,5-39,49H2,1-4H3,(H,50,57)(H,51,58)/t40-,41-,42+,43+,45-,48-/m0/s1. The first-order valence-corrected chi connectivity index (χ1v) is 24.9. The number of ether oxygens (including phenoxy) is 1. The molecule has 3 amide bonds. The number of nitrogens with zero attached hydrogens (tertiary/aromatic N) is 1. The van der Waals surface area contributed by atoms with Gasteiger partial charge in [-0.25, -0.2) is 0 Å². The molecular weight excluding hydrogens is 745 g/mol. The molecule has 1 fully saturated rings. The molecule has 11 nitrogen and oxygen atoms in total. The van der Waals surface area contributed by atoms with Crippen molar-refractivity contribution in [3.05, 3.63) is 0 Å². The highest BCUT2D eigenvalue weighted by atomic mass is 16.6. The van der Waals surface area contributed by atoms with E-state index in [9.17, 15) is 29.7 Å². The third-order valence-electron chi connectivity index (χ3n) is 12.2. The van der Waals surface area contributed by atoms with Gasteiger partial charge in [0.05, 0.1) is 18.8 Å². The van der Waals surface area contributed by atoms with Crippen LogP contribution in [0.25, 0.3) is 0 Å². The maximum Gasteiger partial charge on any atom is 0.245 e. The second-order valence-electron chi connectivity index (χ2n) is 17.9. The minimum atomic E-state index is -1.82. The predicted molar refractivity (Wildman–Crippen MR) is 242 cm³/mol. The SMILES string of the molecule is CCCCCCCCCCCCCCCCCCN(C(=O)CCCCCCCCCCCCCCCCC)[C@@]1(NC(=O)[C@H](C)NC(=O)[C@H](C)N)C[C@@H](O)[C@H](O)[C@@H](CO)O1. The van der Waals surface area contributed by atoms with Crippen LogP contribution in [0.4, 0.5) is 0 Å². The van der Waals surface area contributed by atoms with Crippen LogP contribution in [0.5, 0.6) is 0 Å². The number of nitrogens with two attached hydrogens (primary N) is 1. The molecule has 1 aliphatic rings. The van der Waals surface area contributed by atoms with Gasteiger partial charge in [-0.1, -0.05) is 200 Å². The van der Waals surface area contributed by atoms with Crippen LogP contribution in [0, 0.1) is 0 Å². The minimum absolute atomic E-state index is 0.214. The van der Waals surface area contributed by atoms with Gasteiger partial charge in [0.1, 0.15) is 18.2 Å². The molecule has 1 rings (SSSR count). The van der Waals surface area contributed by atoms with E-state index in [0.717, 1.165) is 38.5 Å². The third-order valence-corrected chi connectivity index (χ3v) is 12.2. The van der Waals surface area contributed by atoms with Gasteiger partial charge in [-0.15, -0.1) is 0 Å². The number of aliphatic hydroxyl groups excluding tert-OH is 3. The van der Waals surface area contributed by atoms with E-state index in [2.05, 4.69) is 24.5 Å². The Labute approximate surface area is 361 Å². The van der Waals surface area contributed by atoms with Crippen molar-refractivity contribution in [2.24, 2.45) is 5.73 Å². The maximum atomic E-state index is 14.2. The van der Waals surface area contributed by atoms with Crippen LogP contribution >= 0.6 is 0 Å². The Balaban J connectivity index is 2.76. The van der Waals surface area contributed by atoms with Gasteiger partial charge in [-0.05, 0) is 26.7 Å². The number of nitrogens with one attached hydrogen (secondary N) is 2. The number of carbonyl (C=O) groups excluding carboxylic acids is 3. The van der Waals surface area contributed by atoms with Crippen LogP contribution in [-0.4, -0.2) is 87.3 Å². The molecule has 0 aromatic rings. The fourth-order valence-electron chi connectivity index (χ4n) is 8.31. The van der Waals surface area contributed by atoms with Gasteiger partial charge in [0.2, 0.25) is 23.6 Å². The third kappa shape index (κ3) is 25.7. The Morgan fingerprint density at radius 1 is 0.627 bits per heavy atom. The highest BCUT2D eigenvalue weighted by Gasteiger charge is 2.52. The first kappa shape index (κ1) is 55.2. The van der Waals surface area contributed by atoms with Crippen LogP contribution in [0.3, 0.4) is 0 Å². The summed E-state index contributed by atoms with van der Waals surface area (Å²) in [5.41, 5.74) is 5.72. The van der Waals surface area contributed by atoms with Crippen molar-refractivity contribution in [2.75, 3.05) is 13.2 Å². The van der Waals surface area contributed by atoms with Crippen LogP contribution in [0.2, 0.25) is 0 Å². The molecule has 0 spiro atoms. The summed E-state index contributed by atoms with van der Waals surface area (Å²) in [7, 11) is 0. The number of rotatable bonds is 39. The molecule has 0 bridgehead atoms. The van der Waals surface area contributed by atoms with Gasteiger partial charge in [-0.3, -0.25) is 19.3 Å². The molecule has 6 atom stereocenters. The van der Waals surface area contributed by atoms with E-state index < -0.39 is 54.7 Å². The normalized spacial score (nSPS) is 20.3. The van der Waals surface area contributed by atoms with Crippen LogP contribution in [0.1, 0.15) is 240 Å². The highest BCUT2D eigenvalue weighted by molar-refractivity contribution is 5.89. The van der Waals surface area contributed by atoms with Gasteiger partial charge in [0, 0.05) is 19.4 Å². The number of carbonyl (C=O) groups is 3. The van der Waals surface area contributed by atoms with E-state index in [0.29, 0.717) is 12.8 Å². The summed E-state index contributed by atoms with van der Waals surface area (Å²) in [4.78, 5) is 41.7. The van der Waals surface area contributed by atoms with E-state index in [-0.39, 0.29) is 25.3 Å². The Hall–Kier alpha value is -1.79. The monoisotopic (exact) mass is 839 g/mol. The molecule has 0 radical (unpaired) electrons. The van der Waals surface area contributed by atoms with E-state index in [1.54, 1.807) is 0 Å². The van der Waals surface area contributed by atoms with Crippen molar-refractivity contribution in [1.29, 1.82) is 0 Å². The lowest BCUT2D eigenvalue weighted by atomic mass is 9.96. The molecular formula is C48H94N4O7. The van der Waals surface area contributed by atoms with Gasteiger partial charge >= 0.3 is 0 Å². The summed E-state index contributed by atoms with van der Waals surface area (Å²) in [5.74, 6) is -3.17. The van der Waals surface area contributed by atoms with Crippen LogP contribution in [-0.2, 0) is 19.1 Å². The molecule has 0 aliphatic carbocycles. The van der Waals surface area contributed by atoms with Crippen LogP contribution < -0.4 is 16.4 Å². The Bertz CT molecular complexity index is 1050. The van der Waals surface area contributed by atoms with E-state index in [1.807, 2.05) is 0 Å². The first-order chi connectivity index (χ1) is 28.5. The van der Waals surface area contributed by atoms with Crippen molar-refractivity contribution in [1.82, 2.24) is 15.5 Å². The molecule has 0 saturated carbocycles. The van der Waals surface area contributed by atoms with Gasteiger partial charge in [0.25, 0.3) is 0 Å². The summed E-state index contributed by atoms with van der Waals surface area (Å²) >= 11 is 0. The van der Waals surface area contributed by atoms with Crippen molar-refractivity contribution in [2.45, 2.75) is 276 Å². The molecule has 348 valence electrons. The second kappa shape index (κ2) is 35.8. The summed E-state index contributed by atoms with van der Waals surface area (Å²) in [6.45, 7) is 7.21. The van der Waals surface area contributed by atoms with Crippen molar-refractivity contribution in [3.63, 3.8) is 0 Å². The quantitative estimate of drug-likeness (QED) is 0.0262. The number of unbranched alkanes of at least 4 members (excludes halogenated alkanes) is 29. The highest BCUT2D eigenvalue weighted by Crippen LogP contribution is 2.33. The molecule has 1 aliphatic heterocycles. The fourth-order valence-corrected chi connectivity index (χ4v) is 8.31. The van der Waals surface area contributed by atoms with Gasteiger partial charge in [-0.2, -0.15) is 0 Å². The maximum absolute atomic E-state index is 14.2. The van der Waals surface area contributed by atoms with Crippen molar-refractivity contribution in [3.8, 4) is 0 Å². The summed E-state index contributed by atoms with van der Waals surface area (Å²) < 4.78 is 6.25. The first-order valence-electron chi connectivity index (χ1n) is 24.9. The topological polar surface area (TPSA) is 174 Å². The molecule has 1 saturated heterocycles. The van der Waals surface area contributed by atoms with Crippen LogP contribution in [0.15, 0.2) is 0 Å². The Morgan fingerprint density at radius 3 is 1.37 bits per heavy atom. The Kier molecular flexibility index (Phi) is 33.5. The molecule has 11 heteroatoms. The van der Waals surface area contributed by atoms with Crippen molar-refractivity contribution >= 4 is 17.7 Å². The molecule has 0 aromatic carbocycles. The second-order valence-corrected chi connectivity index (χ2v) is 17.9. The van der Waals surface area contributed by atoms with E-state index >= 15 is 0 Å². The van der Waals surface area contributed by atoms with Gasteiger partial charge in [0.15, 0.2) is 0 Å². The van der Waals surface area contributed by atoms with E-state index in [4.69, 9.17) is 10.5 Å². The Morgan fingerprint density at radius 2 is 1.00 bits per heavy atom. The average Bonchev–Trinajstić information content (AvgIpc) is 3.21. The van der Waals surface area contributed by atoms with E-state index in [1.165, 1.54) is 166 Å². The average molecular weight is 839 g/mol. The largest absolute Gasteiger partial charge is 0.394 e. The zero-order chi connectivity index (χ0) is 43.6. The fraction of sp³-hybridized carbons (Fsp3) is 0.938. The summed E-state index contributed by atoms with van der Waals surface area (Å²) in [5, 5.41) is 37.3. The number of aliphatic hydroxyl groups is 3. The molecule has 0 aromatic heterocycles. The van der Waals surface area contributed by atoms with Crippen molar-refractivity contribution < 1.29 is 34.4 Å². The lowest BCUT2D eigenvalue weighted by Gasteiger charge is -2.51. The summed E-state index contributed by atoms with van der Waals surface area (Å²) in [6, 6.07) is -1.85. The van der Waals surface area contributed by atoms with Gasteiger partial charge < -0.3 is 36.4 Å². The number of hydrogen-bond donors (Lipinski definition) is 6. The molecule has 0 unspecified atom stereocenters. The zero-order valence-electron chi connectivity index (χ0n) is 38.6. The number of amides is 3. The lowest BCUT2D eigenvalue weighted by molar-refractivity contribution is -0.280. The summed E-state index contributed by atoms with van der Waals surface area (Å²) in [6.07, 6.45) is 33.8. The lowest BCUT2D eigenvalue weighted by Crippen LogP contribution is -2.72.